The van der Waals surface area contributed by atoms with Crippen LogP contribution >= 0.6 is 0 Å². The number of hydrogen-bond acceptors (Lipinski definition) is 4. The first-order valence-electron chi connectivity index (χ1n) is 8.73. The maximum atomic E-state index is 14.1. The van der Waals surface area contributed by atoms with Crippen LogP contribution < -0.4 is 5.32 Å². The molecule has 6 nitrogen and oxygen atoms in total. The Bertz CT molecular complexity index is 1010. The van der Waals surface area contributed by atoms with Crippen molar-refractivity contribution in [3.63, 3.8) is 0 Å². The van der Waals surface area contributed by atoms with E-state index in [4.69, 9.17) is 0 Å². The van der Waals surface area contributed by atoms with Gasteiger partial charge in [-0.25, -0.2) is 4.68 Å². The number of halogens is 1. The largest absolute Gasteiger partial charge is 0.399 e. The first kappa shape index (κ1) is 19.3. The van der Waals surface area contributed by atoms with Crippen LogP contribution in [0.25, 0.3) is 11.1 Å². The molecule has 1 heterocycles. The monoisotopic (exact) mass is 380 g/mol. The molecule has 28 heavy (non-hydrogen) atoms. The Morgan fingerprint density at radius 1 is 1.25 bits per heavy atom. The number of nitrogens with one attached hydrogen (secondary N) is 1. The molecule has 0 saturated heterocycles. The Morgan fingerprint density at radius 3 is 2.61 bits per heavy atom. The smallest absolute Gasteiger partial charge is 0.229 e. The Morgan fingerprint density at radius 2 is 1.96 bits per heavy atom. The van der Waals surface area contributed by atoms with Gasteiger partial charge in [-0.1, -0.05) is 47.6 Å². The van der Waals surface area contributed by atoms with Crippen molar-refractivity contribution in [3.8, 4) is 11.1 Å². The maximum Gasteiger partial charge on any atom is 0.229 e. The molecule has 0 aliphatic rings. The molecule has 1 aromatic heterocycles. The van der Waals surface area contributed by atoms with Crippen LogP contribution in [0.5, 0.6) is 0 Å². The molecule has 0 aliphatic carbocycles. The number of aryl methyl sites for hydroxylation is 2. The van der Waals surface area contributed by atoms with Crippen LogP contribution in [0.1, 0.15) is 16.8 Å². The van der Waals surface area contributed by atoms with Gasteiger partial charge in [-0.15, -0.1) is 0 Å². The zero-order chi connectivity index (χ0) is 20.1. The minimum Gasteiger partial charge on any atom is -0.399 e. The fourth-order valence-electron chi connectivity index (χ4n) is 2.94. The number of nitrogens with zero attached hydrogens (tertiary/aromatic N) is 3. The number of benzene rings is 2. The molecule has 7 heteroatoms. The number of rotatable bonds is 6. The predicted molar refractivity (Wildman–Crippen MR) is 107 cm³/mol. The van der Waals surface area contributed by atoms with Gasteiger partial charge in [0.25, 0.3) is 0 Å². The van der Waals surface area contributed by atoms with Crippen LogP contribution in [0, 0.1) is 12.9 Å². The van der Waals surface area contributed by atoms with E-state index in [1.54, 1.807) is 13.1 Å². The summed E-state index contributed by atoms with van der Waals surface area (Å²) in [6, 6.07) is 15.2. The Labute approximate surface area is 162 Å². The molecule has 3 rings (SSSR count). The van der Waals surface area contributed by atoms with Crippen LogP contribution in [0.2, 0.25) is 0 Å². The van der Waals surface area contributed by atoms with Crippen LogP contribution in [-0.4, -0.2) is 29.0 Å². The minimum absolute atomic E-state index is 0.0771. The van der Waals surface area contributed by atoms with E-state index in [2.05, 4.69) is 20.4 Å². The van der Waals surface area contributed by atoms with Crippen LogP contribution in [0.15, 0.2) is 53.7 Å². The lowest BCUT2D eigenvalue weighted by Gasteiger charge is -2.11. The molecule has 0 unspecified atom stereocenters. The highest BCUT2D eigenvalue weighted by molar-refractivity contribution is 5.96. The van der Waals surface area contributed by atoms with E-state index in [0.29, 0.717) is 16.9 Å². The van der Waals surface area contributed by atoms with E-state index < -0.39 is 5.95 Å². The molecule has 0 aliphatic heterocycles. The van der Waals surface area contributed by atoms with Crippen molar-refractivity contribution in [1.82, 2.24) is 9.78 Å². The number of para-hydroxylation sites is 1. The van der Waals surface area contributed by atoms with Gasteiger partial charge in [0.1, 0.15) is 7.11 Å². The van der Waals surface area contributed by atoms with E-state index in [1.165, 1.54) is 14.2 Å². The summed E-state index contributed by atoms with van der Waals surface area (Å²) >= 11 is 0. The molecule has 0 bridgehead atoms. The second-order valence-electron chi connectivity index (χ2n) is 6.29. The second-order valence-corrected chi connectivity index (χ2v) is 6.29. The molecule has 0 radical (unpaired) electrons. The van der Waals surface area contributed by atoms with Crippen LogP contribution in [-0.2, 0) is 23.1 Å². The molecule has 0 spiro atoms. The summed E-state index contributed by atoms with van der Waals surface area (Å²) in [6.07, 6.45) is 1.54. The van der Waals surface area contributed by atoms with Gasteiger partial charge in [0.2, 0.25) is 11.9 Å². The third-order valence-corrected chi connectivity index (χ3v) is 4.34. The molecular weight excluding hydrogens is 359 g/mol. The molecular formula is C21H21FN4O2. The van der Waals surface area contributed by atoms with Gasteiger partial charge in [-0.3, -0.25) is 4.79 Å². The van der Waals surface area contributed by atoms with Gasteiger partial charge >= 0.3 is 0 Å². The van der Waals surface area contributed by atoms with Crippen LogP contribution in [0.4, 0.5) is 10.1 Å². The predicted octanol–water partition coefficient (Wildman–Crippen LogP) is 3.70. The third kappa shape index (κ3) is 4.25. The number of carbonyl (C=O) groups is 1. The number of carbonyl (C=O) groups excluding carboxylic acids is 1. The number of amides is 1. The molecule has 2 aromatic carbocycles. The highest BCUT2D eigenvalue weighted by atomic mass is 19.1. The lowest BCUT2D eigenvalue weighted by atomic mass is 10.0. The average molecular weight is 380 g/mol. The van der Waals surface area contributed by atoms with Gasteiger partial charge in [0.15, 0.2) is 0 Å². The molecule has 1 amide bonds. The normalized spacial score (nSPS) is 11.0. The minimum atomic E-state index is -0.491. The van der Waals surface area contributed by atoms with Gasteiger partial charge in [-0.2, -0.15) is 9.49 Å². The molecule has 0 fully saturated rings. The number of hydrogen-bond donors (Lipinski definition) is 1. The maximum absolute atomic E-state index is 14.1. The van der Waals surface area contributed by atoms with Crippen LogP contribution in [0.3, 0.4) is 0 Å². The fourth-order valence-corrected chi connectivity index (χ4v) is 2.94. The average Bonchev–Trinajstić information content (AvgIpc) is 2.93. The summed E-state index contributed by atoms with van der Waals surface area (Å²) in [6.45, 7) is 1.69. The molecule has 144 valence electrons. The van der Waals surface area contributed by atoms with E-state index >= 15 is 0 Å². The summed E-state index contributed by atoms with van der Waals surface area (Å²) in [4.78, 5) is 17.2. The highest BCUT2D eigenvalue weighted by Crippen LogP contribution is 2.28. The van der Waals surface area contributed by atoms with E-state index in [0.717, 1.165) is 21.4 Å². The summed E-state index contributed by atoms with van der Waals surface area (Å²) < 4.78 is 15.2. The van der Waals surface area contributed by atoms with Crippen molar-refractivity contribution in [2.24, 2.45) is 12.2 Å². The lowest BCUT2D eigenvalue weighted by molar-refractivity contribution is -0.115. The van der Waals surface area contributed by atoms with Crippen molar-refractivity contribution in [3.05, 3.63) is 71.3 Å². The van der Waals surface area contributed by atoms with Crippen molar-refractivity contribution in [2.75, 3.05) is 12.4 Å². The topological polar surface area (TPSA) is 68.5 Å². The van der Waals surface area contributed by atoms with Gasteiger partial charge in [0, 0.05) is 23.9 Å². The third-order valence-electron chi connectivity index (χ3n) is 4.34. The summed E-state index contributed by atoms with van der Waals surface area (Å²) in [5.74, 6) is -0.791. The summed E-state index contributed by atoms with van der Waals surface area (Å²) in [7, 11) is 3.00. The standard InChI is InChI=1S/C21H21FN4O2/c1-14-18(21(22)26(2)25-14)12-20(27)24-19-7-5-4-6-17(19)16-10-8-15(9-11-16)13-23-28-3/h4-11,13H,12H2,1-3H3,(H,24,27). The number of oxime groups is 1. The van der Waals surface area contributed by atoms with Crippen molar-refractivity contribution >= 4 is 17.8 Å². The zero-order valence-electron chi connectivity index (χ0n) is 15.9. The molecule has 0 atom stereocenters. The van der Waals surface area contributed by atoms with Crippen molar-refractivity contribution in [1.29, 1.82) is 0 Å². The first-order chi connectivity index (χ1) is 13.5. The fraction of sp³-hybridized carbons (Fsp3) is 0.190. The second kappa shape index (κ2) is 8.47. The number of aromatic nitrogens is 2. The van der Waals surface area contributed by atoms with Gasteiger partial charge in [0.05, 0.1) is 18.3 Å². The molecule has 1 N–H and O–H groups in total. The quantitative estimate of drug-likeness (QED) is 0.524. The van der Waals surface area contributed by atoms with Gasteiger partial charge < -0.3 is 10.2 Å². The Kier molecular flexibility index (Phi) is 5.84. The highest BCUT2D eigenvalue weighted by Gasteiger charge is 2.17. The van der Waals surface area contributed by atoms with E-state index in [-0.39, 0.29) is 12.3 Å². The Hall–Kier alpha value is -3.48. The molecule has 3 aromatic rings. The van der Waals surface area contributed by atoms with E-state index in [9.17, 15) is 9.18 Å². The van der Waals surface area contributed by atoms with Crippen molar-refractivity contribution < 1.29 is 14.0 Å². The van der Waals surface area contributed by atoms with Crippen molar-refractivity contribution in [2.45, 2.75) is 13.3 Å². The van der Waals surface area contributed by atoms with Gasteiger partial charge in [-0.05, 0) is 24.1 Å². The zero-order valence-corrected chi connectivity index (χ0v) is 15.9. The van der Waals surface area contributed by atoms with E-state index in [1.807, 2.05) is 48.5 Å². The summed E-state index contributed by atoms with van der Waals surface area (Å²) in [5, 5.41) is 10.6. The first-order valence-corrected chi connectivity index (χ1v) is 8.73. The lowest BCUT2D eigenvalue weighted by Crippen LogP contribution is -2.16. The molecule has 0 saturated carbocycles. The SMILES string of the molecule is CON=Cc1ccc(-c2ccccc2NC(=O)Cc2c(C)nn(C)c2F)cc1. The summed E-state index contributed by atoms with van der Waals surface area (Å²) in [5.41, 5.74) is 4.18. The Balaban J connectivity index is 1.80. The number of anilines is 1.